The highest BCUT2D eigenvalue weighted by Gasteiger charge is 2.39. The Morgan fingerprint density at radius 1 is 1.27 bits per heavy atom. The van der Waals surface area contributed by atoms with Crippen LogP contribution >= 0.6 is 0 Å². The molecule has 1 amide bonds. The molecule has 2 aromatic heterocycles. The average Bonchev–Trinajstić information content (AvgIpc) is 3.05. The summed E-state index contributed by atoms with van der Waals surface area (Å²) in [7, 11) is 0. The van der Waals surface area contributed by atoms with E-state index < -0.39 is 52.5 Å². The molecule has 156 valence electrons. The number of carboxylic acid groups (broad SMARTS) is 1. The molecule has 11 heteroatoms. The number of aryl methyl sites for hydroxylation is 1. The Balaban J connectivity index is 2.01. The van der Waals surface area contributed by atoms with E-state index in [9.17, 15) is 27.9 Å². The summed E-state index contributed by atoms with van der Waals surface area (Å²) in [5.74, 6) is -2.91. The minimum Gasteiger partial charge on any atom is -0.478 e. The topological polar surface area (TPSA) is 131 Å². The van der Waals surface area contributed by atoms with Gasteiger partial charge in [-0.05, 0) is 30.7 Å². The Labute approximate surface area is 167 Å². The van der Waals surface area contributed by atoms with Gasteiger partial charge in [0.2, 0.25) is 0 Å². The number of carboxylic acids is 1. The molecule has 0 aliphatic rings. The quantitative estimate of drug-likeness (QED) is 0.541. The van der Waals surface area contributed by atoms with E-state index in [1.807, 2.05) is 0 Å². The molecule has 0 atom stereocenters. The Morgan fingerprint density at radius 3 is 2.50 bits per heavy atom. The van der Waals surface area contributed by atoms with Gasteiger partial charge < -0.3 is 20.6 Å². The van der Waals surface area contributed by atoms with Crippen molar-refractivity contribution in [3.63, 3.8) is 0 Å². The van der Waals surface area contributed by atoms with Crippen molar-refractivity contribution in [1.82, 2.24) is 15.3 Å². The maximum absolute atomic E-state index is 13.7. The van der Waals surface area contributed by atoms with Crippen molar-refractivity contribution in [2.75, 3.05) is 0 Å². The summed E-state index contributed by atoms with van der Waals surface area (Å²) >= 11 is 0. The highest BCUT2D eigenvalue weighted by molar-refractivity contribution is 6.18. The van der Waals surface area contributed by atoms with Gasteiger partial charge in [0.15, 0.2) is 5.82 Å². The third kappa shape index (κ3) is 3.95. The molecule has 0 fully saturated rings. The van der Waals surface area contributed by atoms with Crippen LogP contribution in [-0.2, 0) is 17.5 Å². The van der Waals surface area contributed by atoms with E-state index >= 15 is 0 Å². The Hall–Kier alpha value is -3.89. The largest absolute Gasteiger partial charge is 0.478 e. The highest BCUT2D eigenvalue weighted by Crippen LogP contribution is 2.41. The number of nitrogens with two attached hydrogens (primary N) is 1. The summed E-state index contributed by atoms with van der Waals surface area (Å²) < 4.78 is 46.4. The maximum atomic E-state index is 13.7. The van der Waals surface area contributed by atoms with Crippen LogP contribution in [0.5, 0.6) is 0 Å². The van der Waals surface area contributed by atoms with Gasteiger partial charge in [-0.25, -0.2) is 14.8 Å². The summed E-state index contributed by atoms with van der Waals surface area (Å²) in [6.07, 6.45) is -1.17. The van der Waals surface area contributed by atoms with Crippen LogP contribution < -0.4 is 11.1 Å². The van der Waals surface area contributed by atoms with Gasteiger partial charge in [0.05, 0.1) is 12.1 Å². The number of furan rings is 1. The molecule has 0 saturated heterocycles. The molecule has 30 heavy (non-hydrogen) atoms. The first-order valence-electron chi connectivity index (χ1n) is 8.47. The molecule has 4 N–H and O–H groups in total. The van der Waals surface area contributed by atoms with Gasteiger partial charge in [-0.3, -0.25) is 4.79 Å². The van der Waals surface area contributed by atoms with E-state index in [1.54, 1.807) is 0 Å². The maximum Gasteiger partial charge on any atom is 0.420 e. The number of nitrogens with one attached hydrogen (secondary N) is 1. The number of fused-ring (bicyclic) bond motifs is 1. The number of hydrogen-bond acceptors (Lipinski definition) is 6. The van der Waals surface area contributed by atoms with Gasteiger partial charge in [0, 0.05) is 24.0 Å². The van der Waals surface area contributed by atoms with Crippen molar-refractivity contribution in [3.05, 3.63) is 65.1 Å². The lowest BCUT2D eigenvalue weighted by molar-refractivity contribution is -0.137. The van der Waals surface area contributed by atoms with Crippen LogP contribution in [0.4, 0.5) is 13.2 Å². The van der Waals surface area contributed by atoms with E-state index in [4.69, 9.17) is 10.2 Å². The van der Waals surface area contributed by atoms with Crippen LogP contribution in [0, 0.1) is 6.92 Å². The minimum atomic E-state index is -4.84. The van der Waals surface area contributed by atoms with Crippen molar-refractivity contribution in [1.29, 1.82) is 0 Å². The lowest BCUT2D eigenvalue weighted by atomic mass is 10.0. The molecule has 0 aliphatic heterocycles. The molecule has 3 aromatic rings. The number of aromatic nitrogens is 2. The van der Waals surface area contributed by atoms with E-state index in [1.165, 1.54) is 37.5 Å². The smallest absolute Gasteiger partial charge is 0.420 e. The molecule has 1 aromatic carbocycles. The van der Waals surface area contributed by atoms with Gasteiger partial charge in [-0.15, -0.1) is 0 Å². The fraction of sp³-hybridized carbons (Fsp3) is 0.158. The molecule has 0 spiro atoms. The SMILES string of the molecule is Cc1cc(C(=O)O)c2oc(CNC(=O)/C(=C/N)c3ncccn3)c(C(F)(F)F)c2c1. The van der Waals surface area contributed by atoms with Crippen LogP contribution in [0.2, 0.25) is 0 Å². The van der Waals surface area contributed by atoms with Crippen molar-refractivity contribution >= 4 is 28.4 Å². The summed E-state index contributed by atoms with van der Waals surface area (Å²) in [5, 5.41) is 11.2. The van der Waals surface area contributed by atoms with Gasteiger partial charge in [-0.1, -0.05) is 0 Å². The summed E-state index contributed by atoms with van der Waals surface area (Å²) in [4.78, 5) is 31.6. The molecule has 3 rings (SSSR count). The number of amides is 1. The fourth-order valence-corrected chi connectivity index (χ4v) is 2.93. The number of alkyl halides is 3. The van der Waals surface area contributed by atoms with Crippen LogP contribution in [0.15, 0.2) is 41.2 Å². The summed E-state index contributed by atoms with van der Waals surface area (Å²) in [6, 6.07) is 3.91. The second kappa shape index (κ2) is 7.85. The second-order valence-corrected chi connectivity index (χ2v) is 6.23. The molecule has 0 aliphatic carbocycles. The summed E-state index contributed by atoms with van der Waals surface area (Å²) in [5.41, 5.74) is 3.61. The normalized spacial score (nSPS) is 12.2. The minimum absolute atomic E-state index is 0.0121. The number of nitrogens with zero attached hydrogens (tertiary/aromatic N) is 2. The molecule has 8 nitrogen and oxygen atoms in total. The van der Waals surface area contributed by atoms with Crippen LogP contribution in [-0.4, -0.2) is 27.0 Å². The Kier molecular flexibility index (Phi) is 5.45. The number of benzene rings is 1. The van der Waals surface area contributed by atoms with Crippen LogP contribution in [0.3, 0.4) is 0 Å². The third-order valence-electron chi connectivity index (χ3n) is 4.15. The summed E-state index contributed by atoms with van der Waals surface area (Å²) in [6.45, 7) is 0.809. The number of halogens is 3. The number of aromatic carboxylic acids is 1. The van der Waals surface area contributed by atoms with E-state index in [0.29, 0.717) is 5.56 Å². The first kappa shape index (κ1) is 20.8. The zero-order valence-electron chi connectivity index (χ0n) is 15.4. The van der Waals surface area contributed by atoms with E-state index in [2.05, 4.69) is 15.3 Å². The van der Waals surface area contributed by atoms with Crippen molar-refractivity contribution in [3.8, 4) is 0 Å². The number of carbonyl (C=O) groups excluding carboxylic acids is 1. The molecule has 0 bridgehead atoms. The number of carbonyl (C=O) groups is 2. The molecular formula is C19H15F3N4O4. The highest BCUT2D eigenvalue weighted by atomic mass is 19.4. The first-order valence-corrected chi connectivity index (χ1v) is 8.47. The van der Waals surface area contributed by atoms with Gasteiger partial charge in [0.25, 0.3) is 5.91 Å². The second-order valence-electron chi connectivity index (χ2n) is 6.23. The van der Waals surface area contributed by atoms with Crippen LogP contribution in [0.1, 0.15) is 33.1 Å². The van der Waals surface area contributed by atoms with Gasteiger partial charge in [-0.2, -0.15) is 13.2 Å². The Bertz CT molecular complexity index is 1150. The number of hydrogen-bond donors (Lipinski definition) is 3. The van der Waals surface area contributed by atoms with E-state index in [0.717, 1.165) is 6.20 Å². The molecular weight excluding hydrogens is 405 g/mol. The molecule has 0 radical (unpaired) electrons. The standard InChI is InChI=1S/C19H15F3N4O4/c1-9-5-10-14(19(20,21)22)13(30-15(10)11(6-9)18(28)29)8-26-17(27)12(7-23)16-24-3-2-4-25-16/h2-7H,8,23H2,1H3,(H,26,27)(H,28,29)/b12-7+. The van der Waals surface area contributed by atoms with Gasteiger partial charge >= 0.3 is 12.1 Å². The van der Waals surface area contributed by atoms with Gasteiger partial charge in [0.1, 0.15) is 22.5 Å². The van der Waals surface area contributed by atoms with Crippen molar-refractivity contribution in [2.24, 2.45) is 5.73 Å². The lowest BCUT2D eigenvalue weighted by Gasteiger charge is -2.09. The Morgan fingerprint density at radius 2 is 1.93 bits per heavy atom. The van der Waals surface area contributed by atoms with Crippen LogP contribution in [0.25, 0.3) is 16.5 Å². The average molecular weight is 420 g/mol. The lowest BCUT2D eigenvalue weighted by Crippen LogP contribution is -2.26. The number of rotatable bonds is 5. The predicted molar refractivity (Wildman–Crippen MR) is 99.0 cm³/mol. The van der Waals surface area contributed by atoms with Crippen molar-refractivity contribution < 1.29 is 32.3 Å². The molecule has 2 heterocycles. The first-order chi connectivity index (χ1) is 14.1. The van der Waals surface area contributed by atoms with Crippen molar-refractivity contribution in [2.45, 2.75) is 19.6 Å². The zero-order valence-corrected chi connectivity index (χ0v) is 15.4. The molecule has 0 unspecified atom stereocenters. The predicted octanol–water partition coefficient (Wildman–Crippen LogP) is 2.86. The molecule has 0 saturated carbocycles. The monoisotopic (exact) mass is 420 g/mol. The third-order valence-corrected chi connectivity index (χ3v) is 4.15. The van der Waals surface area contributed by atoms with E-state index in [-0.39, 0.29) is 11.4 Å². The fourth-order valence-electron chi connectivity index (χ4n) is 2.93. The zero-order chi connectivity index (χ0) is 22.1.